The summed E-state index contributed by atoms with van der Waals surface area (Å²) >= 11 is 6.10. The van der Waals surface area contributed by atoms with Crippen molar-refractivity contribution < 1.29 is 9.53 Å². The first kappa shape index (κ1) is 15.8. The second-order valence-corrected chi connectivity index (χ2v) is 5.75. The Morgan fingerprint density at radius 2 is 2.09 bits per heavy atom. The van der Waals surface area contributed by atoms with Gasteiger partial charge in [-0.05, 0) is 29.8 Å². The average molecular weight is 332 g/mol. The molecule has 23 heavy (non-hydrogen) atoms. The van der Waals surface area contributed by atoms with Crippen LogP contribution in [-0.4, -0.2) is 42.2 Å². The van der Waals surface area contributed by atoms with Gasteiger partial charge in [0.15, 0.2) is 0 Å². The number of halogens is 1. The van der Waals surface area contributed by atoms with Crippen LogP contribution in [0, 0.1) is 0 Å². The largest absolute Gasteiger partial charge is 0.378 e. The second-order valence-electron chi connectivity index (χ2n) is 5.31. The molecule has 120 valence electrons. The van der Waals surface area contributed by atoms with E-state index in [9.17, 15) is 4.79 Å². The van der Waals surface area contributed by atoms with Crippen molar-refractivity contribution in [1.29, 1.82) is 0 Å². The number of amides is 2. The maximum Gasteiger partial charge on any atom is 0.324 e. The lowest BCUT2D eigenvalue weighted by Crippen LogP contribution is -2.48. The van der Waals surface area contributed by atoms with Crippen molar-refractivity contribution in [3.63, 3.8) is 0 Å². The van der Waals surface area contributed by atoms with Gasteiger partial charge in [0.25, 0.3) is 0 Å². The van der Waals surface area contributed by atoms with Gasteiger partial charge in [0.2, 0.25) is 0 Å². The van der Waals surface area contributed by atoms with Crippen LogP contribution in [0.4, 0.5) is 10.5 Å². The molecule has 0 saturated carbocycles. The van der Waals surface area contributed by atoms with Gasteiger partial charge in [0.1, 0.15) is 0 Å². The third kappa shape index (κ3) is 4.00. The van der Waals surface area contributed by atoms with E-state index in [0.717, 1.165) is 11.3 Å². The quantitative estimate of drug-likeness (QED) is 0.867. The first-order valence-electron chi connectivity index (χ1n) is 7.53. The number of carbonyl (C=O) groups excluding carboxylic acids is 1. The van der Waals surface area contributed by atoms with Gasteiger partial charge in [-0.15, -0.1) is 0 Å². The zero-order valence-electron chi connectivity index (χ0n) is 12.7. The lowest BCUT2D eigenvalue weighted by molar-refractivity contribution is 0.0548. The average Bonchev–Trinajstić information content (AvgIpc) is 2.61. The van der Waals surface area contributed by atoms with E-state index in [2.05, 4.69) is 4.98 Å². The van der Waals surface area contributed by atoms with Crippen molar-refractivity contribution in [2.75, 3.05) is 31.2 Å². The van der Waals surface area contributed by atoms with Gasteiger partial charge >= 0.3 is 6.03 Å². The zero-order valence-corrected chi connectivity index (χ0v) is 13.4. The summed E-state index contributed by atoms with van der Waals surface area (Å²) in [7, 11) is 0. The zero-order chi connectivity index (χ0) is 16.1. The van der Waals surface area contributed by atoms with Crippen LogP contribution in [0.3, 0.4) is 0 Å². The van der Waals surface area contributed by atoms with Gasteiger partial charge in [0.05, 0.1) is 19.8 Å². The molecule has 0 spiro atoms. The van der Waals surface area contributed by atoms with Gasteiger partial charge in [-0.25, -0.2) is 4.79 Å². The van der Waals surface area contributed by atoms with Crippen LogP contribution in [0.25, 0.3) is 0 Å². The number of rotatable bonds is 3. The number of ether oxygens (including phenoxy) is 1. The van der Waals surface area contributed by atoms with Crippen molar-refractivity contribution in [3.05, 3.63) is 59.4 Å². The summed E-state index contributed by atoms with van der Waals surface area (Å²) in [5, 5.41) is 0.605. The molecule has 0 atom stereocenters. The summed E-state index contributed by atoms with van der Waals surface area (Å²) in [6.07, 6.45) is 3.49. The molecule has 5 nitrogen and oxygen atoms in total. The molecule has 2 heterocycles. The Morgan fingerprint density at radius 1 is 1.26 bits per heavy atom. The number of hydrogen-bond acceptors (Lipinski definition) is 3. The number of anilines is 1. The first-order valence-corrected chi connectivity index (χ1v) is 7.90. The maximum atomic E-state index is 12.9. The number of benzene rings is 1. The highest BCUT2D eigenvalue weighted by atomic mass is 35.5. The highest BCUT2D eigenvalue weighted by Crippen LogP contribution is 2.23. The molecule has 1 aromatic heterocycles. The van der Waals surface area contributed by atoms with Crippen LogP contribution in [0.5, 0.6) is 0 Å². The molecule has 1 fully saturated rings. The Labute approximate surface area is 140 Å². The van der Waals surface area contributed by atoms with Crippen LogP contribution in [0.2, 0.25) is 5.02 Å². The van der Waals surface area contributed by atoms with Crippen LogP contribution >= 0.6 is 11.6 Å². The third-order valence-electron chi connectivity index (χ3n) is 3.70. The van der Waals surface area contributed by atoms with Crippen molar-refractivity contribution in [2.45, 2.75) is 6.54 Å². The molecule has 1 aliphatic heterocycles. The number of morpholine rings is 1. The van der Waals surface area contributed by atoms with Crippen molar-refractivity contribution in [1.82, 2.24) is 9.88 Å². The summed E-state index contributed by atoms with van der Waals surface area (Å²) in [5.74, 6) is 0. The summed E-state index contributed by atoms with van der Waals surface area (Å²) in [6.45, 7) is 2.79. The molecule has 3 rings (SSSR count). The lowest BCUT2D eigenvalue weighted by atomic mass is 10.2. The van der Waals surface area contributed by atoms with Gasteiger partial charge < -0.3 is 9.64 Å². The Hall–Kier alpha value is -2.11. The predicted octanol–water partition coefficient (Wildman–Crippen LogP) is 3.19. The summed E-state index contributed by atoms with van der Waals surface area (Å²) < 4.78 is 5.33. The Bertz CT molecular complexity index is 660. The number of aromatic nitrogens is 1. The van der Waals surface area contributed by atoms with Gasteiger partial charge in [-0.1, -0.05) is 23.7 Å². The molecule has 1 aromatic carbocycles. The molecule has 2 amide bonds. The molecular weight excluding hydrogens is 314 g/mol. The minimum Gasteiger partial charge on any atom is -0.378 e. The van der Waals surface area contributed by atoms with Gasteiger partial charge in [-0.2, -0.15) is 0 Å². The molecule has 0 radical (unpaired) electrons. The van der Waals surface area contributed by atoms with Gasteiger partial charge in [0, 0.05) is 36.2 Å². The molecular formula is C17H18ClN3O2. The van der Waals surface area contributed by atoms with E-state index in [1.54, 1.807) is 34.3 Å². The number of carbonyl (C=O) groups is 1. The van der Waals surface area contributed by atoms with Crippen molar-refractivity contribution in [2.24, 2.45) is 0 Å². The molecule has 0 bridgehead atoms. The van der Waals surface area contributed by atoms with Crippen LogP contribution < -0.4 is 4.90 Å². The summed E-state index contributed by atoms with van der Waals surface area (Å²) in [6, 6.07) is 11.1. The van der Waals surface area contributed by atoms with Crippen LogP contribution in [-0.2, 0) is 11.3 Å². The number of nitrogens with zero attached hydrogens (tertiary/aromatic N) is 3. The highest BCUT2D eigenvalue weighted by molar-refractivity contribution is 6.30. The van der Waals surface area contributed by atoms with Gasteiger partial charge in [-0.3, -0.25) is 9.88 Å². The van der Waals surface area contributed by atoms with E-state index >= 15 is 0 Å². The minimum atomic E-state index is -0.0422. The van der Waals surface area contributed by atoms with Crippen LogP contribution in [0.15, 0.2) is 48.8 Å². The normalized spacial score (nSPS) is 14.6. The standard InChI is InChI=1S/C17H18ClN3O2/c18-15-4-1-5-16(11-15)21(13-14-3-2-6-19-12-14)17(22)20-7-9-23-10-8-20/h1-6,11-12H,7-10,13H2. The fourth-order valence-corrected chi connectivity index (χ4v) is 2.70. The number of urea groups is 1. The van der Waals surface area contributed by atoms with E-state index < -0.39 is 0 Å². The van der Waals surface area contributed by atoms with Crippen molar-refractivity contribution >= 4 is 23.3 Å². The monoisotopic (exact) mass is 331 g/mol. The molecule has 0 N–H and O–H groups in total. The fourth-order valence-electron chi connectivity index (χ4n) is 2.51. The predicted molar refractivity (Wildman–Crippen MR) is 89.7 cm³/mol. The van der Waals surface area contributed by atoms with Crippen molar-refractivity contribution in [3.8, 4) is 0 Å². The van der Waals surface area contributed by atoms with E-state index in [-0.39, 0.29) is 6.03 Å². The first-order chi connectivity index (χ1) is 11.2. The summed E-state index contributed by atoms with van der Waals surface area (Å²) in [5.41, 5.74) is 1.74. The molecule has 0 unspecified atom stereocenters. The Balaban J connectivity index is 1.87. The molecule has 1 saturated heterocycles. The smallest absolute Gasteiger partial charge is 0.324 e. The second kappa shape index (κ2) is 7.44. The maximum absolute atomic E-state index is 12.9. The molecule has 0 aliphatic carbocycles. The fraction of sp³-hybridized carbons (Fsp3) is 0.294. The summed E-state index contributed by atoms with van der Waals surface area (Å²) in [4.78, 5) is 20.6. The molecule has 6 heteroatoms. The highest BCUT2D eigenvalue weighted by Gasteiger charge is 2.24. The number of pyridine rings is 1. The number of hydrogen-bond donors (Lipinski definition) is 0. The Kier molecular flexibility index (Phi) is 5.10. The Morgan fingerprint density at radius 3 is 2.78 bits per heavy atom. The van der Waals surface area contributed by atoms with Crippen LogP contribution in [0.1, 0.15) is 5.56 Å². The third-order valence-corrected chi connectivity index (χ3v) is 3.93. The van der Waals surface area contributed by atoms with E-state index in [1.807, 2.05) is 24.3 Å². The minimum absolute atomic E-state index is 0.0422. The topological polar surface area (TPSA) is 45.7 Å². The molecule has 2 aromatic rings. The van der Waals surface area contributed by atoms with E-state index in [4.69, 9.17) is 16.3 Å². The molecule has 1 aliphatic rings. The van der Waals surface area contributed by atoms with E-state index in [1.165, 1.54) is 0 Å². The lowest BCUT2D eigenvalue weighted by Gasteiger charge is -2.33. The van der Waals surface area contributed by atoms with E-state index in [0.29, 0.717) is 37.9 Å². The SMILES string of the molecule is O=C(N1CCOCC1)N(Cc1cccnc1)c1cccc(Cl)c1.